The van der Waals surface area contributed by atoms with Gasteiger partial charge in [-0.15, -0.1) is 0 Å². The van der Waals surface area contributed by atoms with Crippen LogP contribution in [0.3, 0.4) is 0 Å². The molecule has 2 fully saturated rings. The third-order valence-corrected chi connectivity index (χ3v) is 7.58. The van der Waals surface area contributed by atoms with Gasteiger partial charge in [-0.1, -0.05) is 29.8 Å². The van der Waals surface area contributed by atoms with Crippen molar-refractivity contribution in [2.45, 2.75) is 57.3 Å². The minimum atomic E-state index is -0.746. The number of benzene rings is 2. The van der Waals surface area contributed by atoms with E-state index in [1.165, 1.54) is 21.7 Å². The van der Waals surface area contributed by atoms with Crippen LogP contribution in [-0.4, -0.2) is 63.4 Å². The molecule has 4 N–H and O–H groups in total. The SMILES string of the molecule is NC(=O)c1nn(CC(=O)N(CC(=O)NCc2cccc(Cl)c2F)C2CC2)c2ccc(CC(=O)C3CCCN3)cc12. The first kappa shape index (κ1) is 27.7. The van der Waals surface area contributed by atoms with E-state index in [0.29, 0.717) is 10.9 Å². The van der Waals surface area contributed by atoms with E-state index < -0.39 is 17.6 Å². The summed E-state index contributed by atoms with van der Waals surface area (Å²) in [6.45, 7) is 0.350. The number of amides is 3. The Morgan fingerprint density at radius 2 is 1.98 bits per heavy atom. The number of aromatic nitrogens is 2. The van der Waals surface area contributed by atoms with Crippen LogP contribution < -0.4 is 16.4 Å². The van der Waals surface area contributed by atoms with Crippen molar-refractivity contribution >= 4 is 46.0 Å². The summed E-state index contributed by atoms with van der Waals surface area (Å²) in [5.41, 5.74) is 7.09. The lowest BCUT2D eigenvalue weighted by atomic mass is 10.0. The number of nitrogens with two attached hydrogens (primary N) is 1. The van der Waals surface area contributed by atoms with E-state index >= 15 is 0 Å². The molecule has 3 amide bonds. The number of ketones is 1. The summed E-state index contributed by atoms with van der Waals surface area (Å²) in [6.07, 6.45) is 3.51. The zero-order valence-corrected chi connectivity index (χ0v) is 22.5. The van der Waals surface area contributed by atoms with Gasteiger partial charge >= 0.3 is 0 Å². The summed E-state index contributed by atoms with van der Waals surface area (Å²) in [5, 5.41) is 10.6. The van der Waals surface area contributed by atoms with E-state index in [0.717, 1.165) is 37.8 Å². The van der Waals surface area contributed by atoms with Gasteiger partial charge in [-0.3, -0.25) is 23.9 Å². The third kappa shape index (κ3) is 6.15. The minimum Gasteiger partial charge on any atom is -0.364 e. The maximum Gasteiger partial charge on any atom is 0.269 e. The lowest BCUT2D eigenvalue weighted by Crippen LogP contribution is -2.43. The maximum atomic E-state index is 14.2. The van der Waals surface area contributed by atoms with Crippen LogP contribution in [0.15, 0.2) is 36.4 Å². The van der Waals surface area contributed by atoms with Gasteiger partial charge in [0.15, 0.2) is 11.5 Å². The van der Waals surface area contributed by atoms with Crippen LogP contribution in [0.5, 0.6) is 0 Å². The highest BCUT2D eigenvalue weighted by molar-refractivity contribution is 6.30. The first-order chi connectivity index (χ1) is 19.2. The van der Waals surface area contributed by atoms with Crippen LogP contribution in [0.1, 0.15) is 47.3 Å². The molecule has 2 aliphatic rings. The van der Waals surface area contributed by atoms with Crippen molar-refractivity contribution in [3.05, 3.63) is 64.1 Å². The Bertz CT molecular complexity index is 1480. The Morgan fingerprint density at radius 3 is 2.67 bits per heavy atom. The topological polar surface area (TPSA) is 139 Å². The first-order valence-electron chi connectivity index (χ1n) is 13.3. The van der Waals surface area contributed by atoms with Crippen molar-refractivity contribution in [2.24, 2.45) is 5.73 Å². The molecule has 1 aliphatic heterocycles. The van der Waals surface area contributed by atoms with E-state index in [-0.39, 0.29) is 66.1 Å². The molecule has 2 aromatic carbocycles. The van der Waals surface area contributed by atoms with Crippen LogP contribution in [0.4, 0.5) is 4.39 Å². The number of nitrogens with zero attached hydrogens (tertiary/aromatic N) is 3. The largest absolute Gasteiger partial charge is 0.364 e. The van der Waals surface area contributed by atoms with Gasteiger partial charge in [0.25, 0.3) is 5.91 Å². The fourth-order valence-electron chi connectivity index (χ4n) is 5.04. The molecule has 3 aromatic rings. The van der Waals surface area contributed by atoms with Crippen LogP contribution >= 0.6 is 11.6 Å². The zero-order valence-electron chi connectivity index (χ0n) is 21.8. The van der Waals surface area contributed by atoms with Gasteiger partial charge in [0.2, 0.25) is 11.8 Å². The number of primary amides is 1. The van der Waals surface area contributed by atoms with E-state index in [9.17, 15) is 23.6 Å². The number of carbonyl (C=O) groups is 4. The lowest BCUT2D eigenvalue weighted by molar-refractivity contribution is -0.137. The van der Waals surface area contributed by atoms with E-state index in [2.05, 4.69) is 15.7 Å². The van der Waals surface area contributed by atoms with Crippen LogP contribution in [-0.2, 0) is 33.9 Å². The summed E-state index contributed by atoms with van der Waals surface area (Å²) < 4.78 is 15.6. The predicted molar refractivity (Wildman–Crippen MR) is 146 cm³/mol. The van der Waals surface area contributed by atoms with Gasteiger partial charge in [-0.05, 0) is 56.0 Å². The summed E-state index contributed by atoms with van der Waals surface area (Å²) in [7, 11) is 0. The second-order valence-electron chi connectivity index (χ2n) is 10.3. The van der Waals surface area contributed by atoms with Crippen LogP contribution in [0.25, 0.3) is 10.9 Å². The van der Waals surface area contributed by atoms with E-state index in [4.69, 9.17) is 17.3 Å². The molecule has 0 radical (unpaired) electrons. The van der Waals surface area contributed by atoms with Crippen molar-refractivity contribution in [1.82, 2.24) is 25.3 Å². The van der Waals surface area contributed by atoms with Gasteiger partial charge in [0.1, 0.15) is 12.4 Å². The highest BCUT2D eigenvalue weighted by Crippen LogP contribution is 2.28. The van der Waals surface area contributed by atoms with E-state index in [1.54, 1.807) is 24.3 Å². The average molecular weight is 569 g/mol. The summed E-state index contributed by atoms with van der Waals surface area (Å²) in [5.74, 6) is -2.05. The molecular weight excluding hydrogens is 539 g/mol. The monoisotopic (exact) mass is 568 g/mol. The molecule has 210 valence electrons. The number of Topliss-reactive ketones (excluding diaryl/α,β-unsaturated/α-hetero) is 1. The fraction of sp³-hybridized carbons (Fsp3) is 0.393. The highest BCUT2D eigenvalue weighted by Gasteiger charge is 2.34. The zero-order chi connectivity index (χ0) is 28.4. The number of hydrogen-bond acceptors (Lipinski definition) is 6. The van der Waals surface area contributed by atoms with Crippen molar-refractivity contribution in [2.75, 3.05) is 13.1 Å². The Labute approximate surface area is 235 Å². The maximum absolute atomic E-state index is 14.2. The van der Waals surface area contributed by atoms with Crippen molar-refractivity contribution in [3.8, 4) is 0 Å². The van der Waals surface area contributed by atoms with Crippen LogP contribution in [0, 0.1) is 5.82 Å². The number of rotatable bonds is 11. The second kappa shape index (κ2) is 11.7. The number of fused-ring (bicyclic) bond motifs is 1. The summed E-state index contributed by atoms with van der Waals surface area (Å²) >= 11 is 5.81. The Balaban J connectivity index is 1.29. The Hall–Kier alpha value is -3.83. The molecule has 1 aromatic heterocycles. The fourth-order valence-corrected chi connectivity index (χ4v) is 5.23. The molecule has 1 aliphatic carbocycles. The Morgan fingerprint density at radius 1 is 1.18 bits per heavy atom. The van der Waals surface area contributed by atoms with Crippen molar-refractivity contribution in [3.63, 3.8) is 0 Å². The third-order valence-electron chi connectivity index (χ3n) is 7.29. The number of carbonyl (C=O) groups excluding carboxylic acids is 4. The molecule has 1 atom stereocenters. The van der Waals surface area contributed by atoms with Gasteiger partial charge in [-0.25, -0.2) is 4.39 Å². The van der Waals surface area contributed by atoms with Crippen molar-refractivity contribution in [1.29, 1.82) is 0 Å². The molecule has 40 heavy (non-hydrogen) atoms. The van der Waals surface area contributed by atoms with Crippen molar-refractivity contribution < 1.29 is 23.6 Å². The first-order valence-corrected chi connectivity index (χ1v) is 13.6. The molecule has 0 spiro atoms. The van der Waals surface area contributed by atoms with Gasteiger partial charge in [0.05, 0.1) is 23.1 Å². The summed E-state index contributed by atoms with van der Waals surface area (Å²) in [4.78, 5) is 52.3. The quantitative estimate of drug-likeness (QED) is 0.324. The molecule has 10 nitrogen and oxygen atoms in total. The van der Waals surface area contributed by atoms with Gasteiger partial charge < -0.3 is 21.3 Å². The Kier molecular flexibility index (Phi) is 8.13. The molecule has 2 heterocycles. The molecular formula is C28H30ClFN6O4. The molecule has 5 rings (SSSR count). The van der Waals surface area contributed by atoms with E-state index in [1.807, 2.05) is 0 Å². The standard InChI is InChI=1S/C28H30ClFN6O4/c29-20-4-1-3-17(26(20)30)13-33-24(38)14-35(18-7-8-18)25(39)15-36-22-9-6-16(11-19(22)27(34-36)28(31)40)12-23(37)21-5-2-10-32-21/h1,3-4,6,9,11,18,21,32H,2,5,7-8,10,12-15H2,(H2,31,40)(H,33,38). The number of hydrogen-bond donors (Lipinski definition) is 3. The van der Waals surface area contributed by atoms with Gasteiger partial charge in [0, 0.05) is 30.0 Å². The van der Waals surface area contributed by atoms with Crippen LogP contribution in [0.2, 0.25) is 5.02 Å². The lowest BCUT2D eigenvalue weighted by Gasteiger charge is -2.22. The molecule has 0 bridgehead atoms. The molecule has 1 unspecified atom stereocenters. The molecule has 12 heteroatoms. The normalized spacial score (nSPS) is 16.7. The predicted octanol–water partition coefficient (Wildman–Crippen LogP) is 2.10. The van der Waals surface area contributed by atoms with Gasteiger partial charge in [-0.2, -0.15) is 5.10 Å². The number of halogens is 2. The smallest absolute Gasteiger partial charge is 0.269 e. The highest BCUT2D eigenvalue weighted by atomic mass is 35.5. The minimum absolute atomic E-state index is 0.00959. The summed E-state index contributed by atoms with van der Waals surface area (Å²) in [6, 6.07) is 9.52. The number of nitrogens with one attached hydrogen (secondary N) is 2. The average Bonchev–Trinajstić information content (AvgIpc) is 3.48. The molecule has 1 saturated heterocycles. The second-order valence-corrected chi connectivity index (χ2v) is 10.7. The molecule has 1 saturated carbocycles.